The minimum Gasteiger partial charge on any atom is -0.497 e. The Balaban J connectivity index is 2.13. The monoisotopic (exact) mass is 264 g/mol. The molecule has 1 aromatic rings. The van der Waals surface area contributed by atoms with Crippen molar-refractivity contribution in [3.05, 3.63) is 23.8 Å². The van der Waals surface area contributed by atoms with Crippen LogP contribution in [0.4, 0.5) is 0 Å². The Morgan fingerprint density at radius 3 is 2.58 bits per heavy atom. The SMILES string of the molecule is CCCN(Cc1cc(OC)ccc1OC)C1CNC1. The van der Waals surface area contributed by atoms with Gasteiger partial charge in [-0.15, -0.1) is 0 Å². The standard InChI is InChI=1S/C15H24N2O2/c1-4-7-17(13-9-16-10-13)11-12-8-14(18-2)5-6-15(12)19-3/h5-6,8,13,16H,4,7,9-11H2,1-3H3. The first-order valence-electron chi connectivity index (χ1n) is 6.94. The fourth-order valence-electron chi connectivity index (χ4n) is 2.43. The number of hydrogen-bond donors (Lipinski definition) is 1. The number of methoxy groups -OCH3 is 2. The smallest absolute Gasteiger partial charge is 0.123 e. The van der Waals surface area contributed by atoms with E-state index in [9.17, 15) is 0 Å². The van der Waals surface area contributed by atoms with Crippen LogP contribution in [-0.4, -0.2) is 44.8 Å². The Bertz CT molecular complexity index is 405. The Kier molecular flexibility index (Phi) is 5.05. The second kappa shape index (κ2) is 6.78. The van der Waals surface area contributed by atoms with Crippen molar-refractivity contribution < 1.29 is 9.47 Å². The van der Waals surface area contributed by atoms with Crippen LogP contribution in [0.15, 0.2) is 18.2 Å². The predicted molar refractivity (Wildman–Crippen MR) is 76.9 cm³/mol. The molecule has 0 bridgehead atoms. The van der Waals surface area contributed by atoms with Crippen molar-refractivity contribution in [2.24, 2.45) is 0 Å². The Morgan fingerprint density at radius 2 is 2.05 bits per heavy atom. The maximum atomic E-state index is 5.46. The van der Waals surface area contributed by atoms with Crippen LogP contribution in [0.25, 0.3) is 0 Å². The maximum absolute atomic E-state index is 5.46. The largest absolute Gasteiger partial charge is 0.497 e. The maximum Gasteiger partial charge on any atom is 0.123 e. The predicted octanol–water partition coefficient (Wildman–Crippen LogP) is 1.89. The molecule has 0 spiro atoms. The third-order valence-corrected chi connectivity index (χ3v) is 3.65. The van der Waals surface area contributed by atoms with Gasteiger partial charge in [0.25, 0.3) is 0 Å². The van der Waals surface area contributed by atoms with Crippen LogP contribution < -0.4 is 14.8 Å². The summed E-state index contributed by atoms with van der Waals surface area (Å²) < 4.78 is 10.8. The van der Waals surface area contributed by atoms with Crippen LogP contribution in [-0.2, 0) is 6.54 Å². The molecule has 19 heavy (non-hydrogen) atoms. The summed E-state index contributed by atoms with van der Waals surface area (Å²) in [5, 5.41) is 3.34. The molecule has 1 aromatic carbocycles. The molecule has 4 nitrogen and oxygen atoms in total. The van der Waals surface area contributed by atoms with Crippen LogP contribution in [0.1, 0.15) is 18.9 Å². The summed E-state index contributed by atoms with van der Waals surface area (Å²) >= 11 is 0. The van der Waals surface area contributed by atoms with Crippen LogP contribution in [0, 0.1) is 0 Å². The Morgan fingerprint density at radius 1 is 1.26 bits per heavy atom. The number of hydrogen-bond acceptors (Lipinski definition) is 4. The highest BCUT2D eigenvalue weighted by Gasteiger charge is 2.24. The van der Waals surface area contributed by atoms with Gasteiger partial charge >= 0.3 is 0 Å². The number of rotatable bonds is 7. The van der Waals surface area contributed by atoms with Gasteiger partial charge in [0.2, 0.25) is 0 Å². The van der Waals surface area contributed by atoms with Gasteiger partial charge in [0.15, 0.2) is 0 Å². The molecule has 1 aliphatic heterocycles. The van der Waals surface area contributed by atoms with Crippen LogP contribution in [0.2, 0.25) is 0 Å². The van der Waals surface area contributed by atoms with Crippen molar-refractivity contribution in [2.75, 3.05) is 33.9 Å². The van der Waals surface area contributed by atoms with E-state index >= 15 is 0 Å². The topological polar surface area (TPSA) is 33.7 Å². The normalized spacial score (nSPS) is 15.4. The van der Waals surface area contributed by atoms with Crippen LogP contribution in [0.3, 0.4) is 0 Å². The molecule has 0 saturated carbocycles. The second-order valence-corrected chi connectivity index (χ2v) is 4.96. The fraction of sp³-hybridized carbons (Fsp3) is 0.600. The molecular formula is C15H24N2O2. The molecule has 0 aliphatic carbocycles. The first-order chi connectivity index (χ1) is 9.28. The van der Waals surface area contributed by atoms with Gasteiger partial charge < -0.3 is 14.8 Å². The molecule has 1 fully saturated rings. The third-order valence-electron chi connectivity index (χ3n) is 3.65. The van der Waals surface area contributed by atoms with E-state index in [1.165, 1.54) is 12.0 Å². The zero-order valence-corrected chi connectivity index (χ0v) is 12.1. The molecule has 1 heterocycles. The van der Waals surface area contributed by atoms with Gasteiger partial charge in [-0.1, -0.05) is 6.92 Å². The van der Waals surface area contributed by atoms with E-state index < -0.39 is 0 Å². The fourth-order valence-corrected chi connectivity index (χ4v) is 2.43. The lowest BCUT2D eigenvalue weighted by Gasteiger charge is -2.38. The van der Waals surface area contributed by atoms with E-state index in [4.69, 9.17) is 9.47 Å². The lowest BCUT2D eigenvalue weighted by Crippen LogP contribution is -2.56. The van der Waals surface area contributed by atoms with Gasteiger partial charge in [-0.2, -0.15) is 0 Å². The van der Waals surface area contributed by atoms with Gasteiger partial charge in [0, 0.05) is 31.2 Å². The lowest BCUT2D eigenvalue weighted by molar-refractivity contribution is 0.136. The van der Waals surface area contributed by atoms with Gasteiger partial charge in [0.1, 0.15) is 11.5 Å². The number of nitrogens with zero attached hydrogens (tertiary/aromatic N) is 1. The molecule has 0 radical (unpaired) electrons. The van der Waals surface area contributed by atoms with Crippen molar-refractivity contribution in [3.8, 4) is 11.5 Å². The average Bonchev–Trinajstić information content (AvgIpc) is 2.37. The van der Waals surface area contributed by atoms with Crippen LogP contribution in [0.5, 0.6) is 11.5 Å². The molecule has 2 rings (SSSR count). The zero-order valence-electron chi connectivity index (χ0n) is 12.1. The van der Waals surface area contributed by atoms with Crippen molar-refractivity contribution in [3.63, 3.8) is 0 Å². The summed E-state index contributed by atoms with van der Waals surface area (Å²) in [6.45, 7) is 6.44. The summed E-state index contributed by atoms with van der Waals surface area (Å²) in [5.41, 5.74) is 1.20. The molecule has 106 valence electrons. The molecular weight excluding hydrogens is 240 g/mol. The number of ether oxygens (including phenoxy) is 2. The highest BCUT2D eigenvalue weighted by Crippen LogP contribution is 2.26. The van der Waals surface area contributed by atoms with E-state index in [-0.39, 0.29) is 0 Å². The quantitative estimate of drug-likeness (QED) is 0.815. The highest BCUT2D eigenvalue weighted by molar-refractivity contribution is 5.40. The van der Waals surface area contributed by atoms with E-state index in [0.29, 0.717) is 6.04 Å². The molecule has 0 aromatic heterocycles. The Labute approximate surface area is 115 Å². The number of benzene rings is 1. The minimum atomic E-state index is 0.649. The van der Waals surface area contributed by atoms with Crippen molar-refractivity contribution >= 4 is 0 Å². The van der Waals surface area contributed by atoms with Gasteiger partial charge in [-0.25, -0.2) is 0 Å². The zero-order chi connectivity index (χ0) is 13.7. The molecule has 0 unspecified atom stereocenters. The summed E-state index contributed by atoms with van der Waals surface area (Å²) in [7, 11) is 3.42. The van der Waals surface area contributed by atoms with E-state index in [2.05, 4.69) is 23.2 Å². The molecule has 0 amide bonds. The van der Waals surface area contributed by atoms with Crippen molar-refractivity contribution in [1.29, 1.82) is 0 Å². The van der Waals surface area contributed by atoms with Crippen LogP contribution >= 0.6 is 0 Å². The summed E-state index contributed by atoms with van der Waals surface area (Å²) in [6.07, 6.45) is 1.17. The lowest BCUT2D eigenvalue weighted by atomic mass is 10.1. The minimum absolute atomic E-state index is 0.649. The summed E-state index contributed by atoms with van der Waals surface area (Å²) in [4.78, 5) is 2.52. The first-order valence-corrected chi connectivity index (χ1v) is 6.94. The molecule has 1 aliphatic rings. The van der Waals surface area contributed by atoms with Gasteiger partial charge in [-0.3, -0.25) is 4.90 Å². The first kappa shape index (κ1) is 14.2. The number of nitrogens with one attached hydrogen (secondary N) is 1. The Hall–Kier alpha value is -1.26. The van der Waals surface area contributed by atoms with Gasteiger partial charge in [-0.05, 0) is 31.2 Å². The second-order valence-electron chi connectivity index (χ2n) is 4.96. The summed E-state index contributed by atoms with van der Waals surface area (Å²) in [6, 6.07) is 6.65. The molecule has 1 saturated heterocycles. The van der Waals surface area contributed by atoms with E-state index in [1.807, 2.05) is 12.1 Å². The average molecular weight is 264 g/mol. The molecule has 1 N–H and O–H groups in total. The third kappa shape index (κ3) is 3.39. The van der Waals surface area contributed by atoms with E-state index in [1.54, 1.807) is 14.2 Å². The summed E-state index contributed by atoms with van der Waals surface area (Å²) in [5.74, 6) is 1.83. The molecule has 0 atom stereocenters. The van der Waals surface area contributed by atoms with Crippen molar-refractivity contribution in [1.82, 2.24) is 10.2 Å². The van der Waals surface area contributed by atoms with Crippen molar-refractivity contribution in [2.45, 2.75) is 25.9 Å². The van der Waals surface area contributed by atoms with Gasteiger partial charge in [0.05, 0.1) is 14.2 Å². The van der Waals surface area contributed by atoms with E-state index in [0.717, 1.165) is 37.7 Å². The molecule has 4 heteroatoms. The highest BCUT2D eigenvalue weighted by atomic mass is 16.5.